The third kappa shape index (κ3) is 5.51. The summed E-state index contributed by atoms with van der Waals surface area (Å²) in [6.45, 7) is 7.15. The second kappa shape index (κ2) is 10.3. The molecule has 5 rings (SSSR count). The van der Waals surface area contributed by atoms with Crippen LogP contribution in [0.4, 0.5) is 0 Å². The first kappa shape index (κ1) is 28.3. The lowest BCUT2D eigenvalue weighted by atomic mass is 9.97. The van der Waals surface area contributed by atoms with Crippen molar-refractivity contribution in [3.8, 4) is 0 Å². The number of aliphatic hydroxyl groups is 4. The molecule has 1 aromatic carbocycles. The van der Waals surface area contributed by atoms with Gasteiger partial charge in [-0.2, -0.15) is 0 Å². The van der Waals surface area contributed by atoms with Crippen molar-refractivity contribution < 1.29 is 58.3 Å². The molecule has 4 fully saturated rings. The summed E-state index contributed by atoms with van der Waals surface area (Å²) < 4.78 is 46.7. The third-order valence-corrected chi connectivity index (χ3v) is 7.23. The molecule has 0 bridgehead atoms. The molecule has 214 valence electrons. The van der Waals surface area contributed by atoms with Gasteiger partial charge in [-0.05, 0) is 38.8 Å². The molecule has 4 aliphatic heterocycles. The van der Waals surface area contributed by atoms with Gasteiger partial charge in [0.05, 0.1) is 26.4 Å². The second-order valence-electron chi connectivity index (χ2n) is 11.2. The normalized spacial score (nSPS) is 42.2. The third-order valence-electron chi connectivity index (χ3n) is 7.23. The fourth-order valence-electron chi connectivity index (χ4n) is 5.21. The smallest absolute Gasteiger partial charge is 0.224 e. The highest BCUT2D eigenvalue weighted by Crippen LogP contribution is 2.41. The van der Waals surface area contributed by atoms with Gasteiger partial charge in [0.2, 0.25) is 11.6 Å². The van der Waals surface area contributed by atoms with Crippen LogP contribution in [0.25, 0.3) is 0 Å². The Balaban J connectivity index is 1.21. The van der Waals surface area contributed by atoms with E-state index in [1.165, 1.54) is 0 Å². The zero-order valence-corrected chi connectivity index (χ0v) is 22.1. The number of rotatable bonds is 6. The minimum Gasteiger partial charge on any atom is -0.388 e. The summed E-state index contributed by atoms with van der Waals surface area (Å²) in [5, 5.41) is 41.5. The Bertz CT molecular complexity index is 892. The van der Waals surface area contributed by atoms with E-state index in [4.69, 9.17) is 37.9 Å². The molecular formula is C26H38O12. The molecule has 0 radical (unpaired) electrons. The first-order valence-corrected chi connectivity index (χ1v) is 12.8. The molecule has 12 nitrogen and oxygen atoms in total. The van der Waals surface area contributed by atoms with Gasteiger partial charge in [0, 0.05) is 0 Å². The van der Waals surface area contributed by atoms with Crippen molar-refractivity contribution >= 4 is 0 Å². The molecule has 2 spiro atoms. The highest BCUT2D eigenvalue weighted by Gasteiger charge is 2.60. The second-order valence-corrected chi connectivity index (χ2v) is 11.2. The fourth-order valence-corrected chi connectivity index (χ4v) is 5.21. The minimum absolute atomic E-state index is 0.0591. The van der Waals surface area contributed by atoms with Gasteiger partial charge >= 0.3 is 0 Å². The van der Waals surface area contributed by atoms with Crippen LogP contribution >= 0.6 is 0 Å². The van der Waals surface area contributed by atoms with E-state index in [-0.39, 0.29) is 39.6 Å². The predicted octanol–water partition coefficient (Wildman–Crippen LogP) is -0.0806. The molecule has 0 amide bonds. The average Bonchev–Trinajstić information content (AvgIpc) is 3.35. The molecule has 0 saturated carbocycles. The summed E-state index contributed by atoms with van der Waals surface area (Å²) >= 11 is 0. The number of hydrogen-bond acceptors (Lipinski definition) is 12. The maximum absolute atomic E-state index is 10.6. The van der Waals surface area contributed by atoms with E-state index < -0.39 is 59.8 Å². The van der Waals surface area contributed by atoms with E-state index >= 15 is 0 Å². The summed E-state index contributed by atoms with van der Waals surface area (Å²) in [6, 6.07) is 7.35. The van der Waals surface area contributed by atoms with Crippen molar-refractivity contribution in [2.75, 3.05) is 26.4 Å². The van der Waals surface area contributed by atoms with Crippen LogP contribution < -0.4 is 0 Å². The van der Waals surface area contributed by atoms with Crippen LogP contribution in [0, 0.1) is 0 Å². The SMILES string of the molecule is CC1(C)OC[C@]2(OC[C@@H](O)[C@@H](O)[C@@H]2OCc2ccc(CO[C@H]3[C@H](O)[C@H](O)CO[C@]34COC(C)(C)O4)cc2)O1. The minimum atomic E-state index is -1.32. The first-order chi connectivity index (χ1) is 17.8. The molecule has 38 heavy (non-hydrogen) atoms. The topological polar surface area (TPSA) is 155 Å². The summed E-state index contributed by atoms with van der Waals surface area (Å²) in [7, 11) is 0. The molecule has 8 atom stereocenters. The zero-order valence-electron chi connectivity index (χ0n) is 22.1. The lowest BCUT2D eigenvalue weighted by Gasteiger charge is -2.44. The van der Waals surface area contributed by atoms with Crippen molar-refractivity contribution in [3.05, 3.63) is 35.4 Å². The standard InChI is InChI=1S/C26H38O12/c1-23(2)35-13-25(37-23)21(19(29)17(27)11-33-25)31-9-15-5-7-16(8-6-15)10-32-22-20(30)18(28)12-34-26(22)14-36-24(3,4)38-26/h5-8,17-22,27-30H,9-14H2,1-4H3/t17-,18-,19-,20-,21+,22+,25+,26+/m1/s1. The lowest BCUT2D eigenvalue weighted by Crippen LogP contribution is -2.63. The van der Waals surface area contributed by atoms with Crippen LogP contribution in [0.15, 0.2) is 24.3 Å². The number of aliphatic hydroxyl groups excluding tert-OH is 4. The number of benzene rings is 1. The molecule has 0 unspecified atom stereocenters. The van der Waals surface area contributed by atoms with Crippen LogP contribution in [0.2, 0.25) is 0 Å². The van der Waals surface area contributed by atoms with Gasteiger partial charge in [0.15, 0.2) is 11.6 Å². The van der Waals surface area contributed by atoms with Gasteiger partial charge in [0.25, 0.3) is 0 Å². The molecule has 0 aromatic heterocycles. The van der Waals surface area contributed by atoms with Crippen molar-refractivity contribution in [2.45, 2.75) is 101 Å². The van der Waals surface area contributed by atoms with Gasteiger partial charge in [-0.15, -0.1) is 0 Å². The Labute approximate surface area is 221 Å². The highest BCUT2D eigenvalue weighted by atomic mass is 16.9. The molecular weight excluding hydrogens is 504 g/mol. The monoisotopic (exact) mass is 542 g/mol. The predicted molar refractivity (Wildman–Crippen MR) is 127 cm³/mol. The van der Waals surface area contributed by atoms with Crippen LogP contribution in [-0.4, -0.2) is 107 Å². The fraction of sp³-hybridized carbons (Fsp3) is 0.769. The zero-order chi connectivity index (χ0) is 27.3. The van der Waals surface area contributed by atoms with Crippen molar-refractivity contribution in [2.24, 2.45) is 0 Å². The Morgan fingerprint density at radius 3 is 1.34 bits per heavy atom. The number of hydrogen-bond donors (Lipinski definition) is 4. The van der Waals surface area contributed by atoms with E-state index in [0.717, 1.165) is 11.1 Å². The molecule has 4 saturated heterocycles. The van der Waals surface area contributed by atoms with Crippen LogP contribution in [0.3, 0.4) is 0 Å². The molecule has 1 aromatic rings. The Morgan fingerprint density at radius 1 is 0.658 bits per heavy atom. The van der Waals surface area contributed by atoms with E-state index in [9.17, 15) is 20.4 Å². The van der Waals surface area contributed by atoms with Crippen LogP contribution in [0.1, 0.15) is 38.8 Å². The maximum Gasteiger partial charge on any atom is 0.224 e. The quantitative estimate of drug-likeness (QED) is 0.380. The van der Waals surface area contributed by atoms with Crippen LogP contribution in [0.5, 0.6) is 0 Å². The van der Waals surface area contributed by atoms with Crippen LogP contribution in [-0.2, 0) is 51.1 Å². The van der Waals surface area contributed by atoms with Gasteiger partial charge in [-0.3, -0.25) is 0 Å². The van der Waals surface area contributed by atoms with Crippen molar-refractivity contribution in [1.29, 1.82) is 0 Å². The summed E-state index contributed by atoms with van der Waals surface area (Å²) in [6.07, 6.45) is -6.59. The highest BCUT2D eigenvalue weighted by molar-refractivity contribution is 5.21. The first-order valence-electron chi connectivity index (χ1n) is 12.8. The average molecular weight is 543 g/mol. The Kier molecular flexibility index (Phi) is 7.66. The van der Waals surface area contributed by atoms with E-state index in [2.05, 4.69) is 0 Å². The summed E-state index contributed by atoms with van der Waals surface area (Å²) in [5.74, 6) is -4.47. The van der Waals surface area contributed by atoms with Gasteiger partial charge in [-0.25, -0.2) is 0 Å². The summed E-state index contributed by atoms with van der Waals surface area (Å²) in [4.78, 5) is 0. The maximum atomic E-state index is 10.6. The van der Waals surface area contributed by atoms with Gasteiger partial charge in [-0.1, -0.05) is 24.3 Å². The largest absolute Gasteiger partial charge is 0.388 e. The van der Waals surface area contributed by atoms with Crippen molar-refractivity contribution in [1.82, 2.24) is 0 Å². The van der Waals surface area contributed by atoms with Crippen molar-refractivity contribution in [3.63, 3.8) is 0 Å². The molecule has 4 N–H and O–H groups in total. The van der Waals surface area contributed by atoms with E-state index in [1.54, 1.807) is 27.7 Å². The summed E-state index contributed by atoms with van der Waals surface area (Å²) in [5.41, 5.74) is 1.60. The van der Waals surface area contributed by atoms with Gasteiger partial charge < -0.3 is 58.3 Å². The molecule has 4 heterocycles. The molecule has 0 aliphatic carbocycles. The number of ether oxygens (including phenoxy) is 8. The van der Waals surface area contributed by atoms with Gasteiger partial charge in [0.1, 0.15) is 49.8 Å². The lowest BCUT2D eigenvalue weighted by molar-refractivity contribution is -0.347. The Morgan fingerprint density at radius 2 is 1.03 bits per heavy atom. The van der Waals surface area contributed by atoms with E-state index in [1.807, 2.05) is 24.3 Å². The Hall–Kier alpha value is -1.26. The molecule has 4 aliphatic rings. The van der Waals surface area contributed by atoms with E-state index in [0.29, 0.717) is 0 Å². The molecule has 12 heteroatoms.